The summed E-state index contributed by atoms with van der Waals surface area (Å²) in [6.07, 6.45) is 6.46. The number of hydrogen-bond acceptors (Lipinski definition) is 6. The summed E-state index contributed by atoms with van der Waals surface area (Å²) < 4.78 is 37.4. The minimum absolute atomic E-state index is 0.0708. The van der Waals surface area contributed by atoms with Gasteiger partial charge in [0.2, 0.25) is 21.8 Å². The first-order valence-corrected chi connectivity index (χ1v) is 15.3. The largest absolute Gasteiger partial charge is 0.497 e. The number of carbonyl (C=O) groups is 2. The molecule has 0 saturated heterocycles. The van der Waals surface area contributed by atoms with Gasteiger partial charge in [0.05, 0.1) is 26.2 Å². The number of nitrogens with zero attached hydrogens (tertiary/aromatic N) is 2. The second kappa shape index (κ2) is 13.9. The molecule has 1 fully saturated rings. The molecular formula is C28H38ClN3O6S. The molecule has 0 aromatic heterocycles. The monoisotopic (exact) mass is 579 g/mol. The zero-order chi connectivity index (χ0) is 28.6. The van der Waals surface area contributed by atoms with Gasteiger partial charge in [-0.25, -0.2) is 8.42 Å². The van der Waals surface area contributed by atoms with E-state index in [-0.39, 0.29) is 29.9 Å². The van der Waals surface area contributed by atoms with Gasteiger partial charge in [-0.1, -0.05) is 49.9 Å². The van der Waals surface area contributed by atoms with E-state index in [0.717, 1.165) is 48.2 Å². The summed E-state index contributed by atoms with van der Waals surface area (Å²) in [7, 11) is -0.946. The summed E-state index contributed by atoms with van der Waals surface area (Å²) in [5, 5.41) is 3.42. The highest BCUT2D eigenvalue weighted by Crippen LogP contribution is 2.33. The molecular weight excluding hydrogens is 542 g/mol. The molecule has 39 heavy (non-hydrogen) atoms. The number of benzene rings is 2. The van der Waals surface area contributed by atoms with Crippen LogP contribution in [0.25, 0.3) is 0 Å². The Morgan fingerprint density at radius 1 is 1.05 bits per heavy atom. The van der Waals surface area contributed by atoms with Gasteiger partial charge in [-0.15, -0.1) is 0 Å². The predicted octanol–water partition coefficient (Wildman–Crippen LogP) is 4.38. The Balaban J connectivity index is 1.96. The molecule has 1 aliphatic rings. The molecule has 3 rings (SSSR count). The fraction of sp³-hybridized carbons (Fsp3) is 0.500. The maximum Gasteiger partial charge on any atom is 0.244 e. The van der Waals surface area contributed by atoms with Crippen LogP contribution in [0.5, 0.6) is 11.5 Å². The molecule has 11 heteroatoms. The van der Waals surface area contributed by atoms with Crippen LogP contribution in [-0.4, -0.2) is 64.2 Å². The molecule has 2 amide bonds. The van der Waals surface area contributed by atoms with Crippen LogP contribution in [0, 0.1) is 0 Å². The molecule has 214 valence electrons. The number of sulfonamides is 1. The molecule has 0 spiro atoms. The third kappa shape index (κ3) is 8.25. The Morgan fingerprint density at radius 3 is 2.28 bits per heavy atom. The molecule has 0 radical (unpaired) electrons. The zero-order valence-electron chi connectivity index (χ0n) is 23.0. The highest BCUT2D eigenvalue weighted by Gasteiger charge is 2.33. The average Bonchev–Trinajstić information content (AvgIpc) is 2.91. The van der Waals surface area contributed by atoms with Crippen molar-refractivity contribution in [2.24, 2.45) is 0 Å². The number of amides is 2. The van der Waals surface area contributed by atoms with E-state index in [0.29, 0.717) is 17.2 Å². The van der Waals surface area contributed by atoms with Crippen LogP contribution in [-0.2, 0) is 26.2 Å². The molecule has 1 saturated carbocycles. The molecule has 1 atom stereocenters. The first-order valence-electron chi connectivity index (χ1n) is 13.1. The third-order valence-corrected chi connectivity index (χ3v) is 8.30. The lowest BCUT2D eigenvalue weighted by Gasteiger charge is -2.34. The lowest BCUT2D eigenvalue weighted by atomic mass is 9.95. The number of halogens is 1. The normalized spacial score (nSPS) is 14.8. The van der Waals surface area contributed by atoms with Gasteiger partial charge in [0.25, 0.3) is 0 Å². The zero-order valence-corrected chi connectivity index (χ0v) is 24.6. The molecule has 2 aromatic rings. The van der Waals surface area contributed by atoms with E-state index >= 15 is 0 Å². The van der Waals surface area contributed by atoms with E-state index in [2.05, 4.69) is 5.32 Å². The standard InChI is InChI=1S/C28H38ClN3O6S/c1-5-24(28(34)30-22-9-7-6-8-10-22)31(18-20-11-14-23(37-2)15-12-20)27(33)19-32(39(4,35)36)25-17-21(29)13-16-26(25)38-3/h11-17,22,24H,5-10,18-19H2,1-4H3,(H,30,34)/t24-/m0/s1. The van der Waals surface area contributed by atoms with Crippen molar-refractivity contribution in [1.82, 2.24) is 10.2 Å². The van der Waals surface area contributed by atoms with Crippen molar-refractivity contribution in [3.63, 3.8) is 0 Å². The van der Waals surface area contributed by atoms with Crippen LogP contribution in [0.4, 0.5) is 5.69 Å². The first-order chi connectivity index (χ1) is 18.6. The van der Waals surface area contributed by atoms with Crippen molar-refractivity contribution in [2.45, 2.75) is 64.1 Å². The maximum atomic E-state index is 13.9. The summed E-state index contributed by atoms with van der Waals surface area (Å²) in [6, 6.07) is 11.0. The molecule has 0 heterocycles. The van der Waals surface area contributed by atoms with Gasteiger partial charge in [0.1, 0.15) is 24.1 Å². The molecule has 0 unspecified atom stereocenters. The second-order valence-electron chi connectivity index (χ2n) is 9.72. The smallest absolute Gasteiger partial charge is 0.244 e. The minimum Gasteiger partial charge on any atom is -0.497 e. The topological polar surface area (TPSA) is 105 Å². The van der Waals surface area contributed by atoms with E-state index in [1.807, 2.05) is 19.1 Å². The SMILES string of the molecule is CC[C@@H](C(=O)NC1CCCCC1)N(Cc1ccc(OC)cc1)C(=O)CN(c1cc(Cl)ccc1OC)S(C)(=O)=O. The number of anilines is 1. The van der Waals surface area contributed by atoms with Crippen molar-refractivity contribution >= 4 is 39.1 Å². The van der Waals surface area contributed by atoms with E-state index < -0.39 is 28.5 Å². The lowest BCUT2D eigenvalue weighted by Crippen LogP contribution is -2.54. The Hall–Kier alpha value is -2.98. The number of methoxy groups -OCH3 is 2. The number of hydrogen-bond donors (Lipinski definition) is 1. The van der Waals surface area contributed by atoms with Gasteiger partial charge in [-0.05, 0) is 55.2 Å². The summed E-state index contributed by atoms with van der Waals surface area (Å²) in [6.45, 7) is 1.43. The van der Waals surface area contributed by atoms with Gasteiger partial charge in [-0.2, -0.15) is 0 Å². The summed E-state index contributed by atoms with van der Waals surface area (Å²) in [4.78, 5) is 28.9. The van der Waals surface area contributed by atoms with Gasteiger partial charge < -0.3 is 19.7 Å². The lowest BCUT2D eigenvalue weighted by molar-refractivity contribution is -0.140. The number of nitrogens with one attached hydrogen (secondary N) is 1. The Bertz CT molecular complexity index is 1230. The minimum atomic E-state index is -3.92. The van der Waals surface area contributed by atoms with E-state index in [1.54, 1.807) is 31.4 Å². The van der Waals surface area contributed by atoms with Crippen LogP contribution in [0.3, 0.4) is 0 Å². The average molecular weight is 580 g/mol. The molecule has 1 aliphatic carbocycles. The summed E-state index contributed by atoms with van der Waals surface area (Å²) in [5.41, 5.74) is 0.921. The van der Waals surface area contributed by atoms with Crippen molar-refractivity contribution in [3.8, 4) is 11.5 Å². The highest BCUT2D eigenvalue weighted by atomic mass is 35.5. The van der Waals surface area contributed by atoms with Gasteiger partial charge in [0.15, 0.2) is 0 Å². The molecule has 2 aromatic carbocycles. The van der Waals surface area contributed by atoms with E-state index in [9.17, 15) is 18.0 Å². The van der Waals surface area contributed by atoms with Crippen LogP contribution >= 0.6 is 11.6 Å². The van der Waals surface area contributed by atoms with Crippen LogP contribution in [0.2, 0.25) is 5.02 Å². The quantitative estimate of drug-likeness (QED) is 0.400. The van der Waals surface area contributed by atoms with E-state index in [4.69, 9.17) is 21.1 Å². The summed E-state index contributed by atoms with van der Waals surface area (Å²) >= 11 is 6.17. The number of ether oxygens (including phenoxy) is 2. The van der Waals surface area contributed by atoms with Gasteiger partial charge >= 0.3 is 0 Å². The van der Waals surface area contributed by atoms with Crippen molar-refractivity contribution in [2.75, 3.05) is 31.3 Å². The first kappa shape index (κ1) is 30.6. The summed E-state index contributed by atoms with van der Waals surface area (Å²) in [5.74, 6) is 0.151. The van der Waals surface area contributed by atoms with Gasteiger partial charge in [0, 0.05) is 17.6 Å². The van der Waals surface area contributed by atoms with Crippen molar-refractivity contribution in [3.05, 3.63) is 53.1 Å². The van der Waals surface area contributed by atoms with Crippen LogP contribution < -0.4 is 19.1 Å². The molecule has 0 aliphatic heterocycles. The highest BCUT2D eigenvalue weighted by molar-refractivity contribution is 7.92. The van der Waals surface area contributed by atoms with E-state index in [1.165, 1.54) is 18.1 Å². The Labute approximate surface area is 236 Å². The molecule has 0 bridgehead atoms. The fourth-order valence-electron chi connectivity index (χ4n) is 4.84. The predicted molar refractivity (Wildman–Crippen MR) is 153 cm³/mol. The molecule has 1 N–H and O–H groups in total. The van der Waals surface area contributed by atoms with Crippen LogP contribution in [0.15, 0.2) is 42.5 Å². The Kier molecular flexibility index (Phi) is 10.9. The Morgan fingerprint density at radius 2 is 1.72 bits per heavy atom. The van der Waals surface area contributed by atoms with Gasteiger partial charge in [-0.3, -0.25) is 13.9 Å². The molecule has 9 nitrogen and oxygen atoms in total. The van der Waals surface area contributed by atoms with Crippen LogP contribution in [0.1, 0.15) is 51.0 Å². The van der Waals surface area contributed by atoms with Crippen molar-refractivity contribution < 1.29 is 27.5 Å². The number of carbonyl (C=O) groups excluding carboxylic acids is 2. The van der Waals surface area contributed by atoms with Crippen molar-refractivity contribution in [1.29, 1.82) is 0 Å². The third-order valence-electron chi connectivity index (χ3n) is 6.94. The fourth-order valence-corrected chi connectivity index (χ4v) is 5.86. The second-order valence-corrected chi connectivity index (χ2v) is 12.1. The number of rotatable bonds is 12. The maximum absolute atomic E-state index is 13.9.